The molecule has 2 aliphatic rings. The van der Waals surface area contributed by atoms with Crippen molar-refractivity contribution in [3.63, 3.8) is 0 Å². The topological polar surface area (TPSA) is 74.7 Å². The van der Waals surface area contributed by atoms with Crippen LogP contribution < -0.4 is 0 Å². The number of carbonyl (C=O) groups excluding carboxylic acids is 2. The lowest BCUT2D eigenvalue weighted by molar-refractivity contribution is -0.131. The van der Waals surface area contributed by atoms with Gasteiger partial charge < -0.3 is 10.0 Å². The summed E-state index contributed by atoms with van der Waals surface area (Å²) in [7, 11) is 0. The maximum absolute atomic E-state index is 12.7. The molecule has 3 rings (SSSR count). The van der Waals surface area contributed by atoms with Crippen LogP contribution in [0.2, 0.25) is 0 Å². The van der Waals surface area contributed by atoms with Gasteiger partial charge in [0, 0.05) is 23.7 Å². The third-order valence-electron chi connectivity index (χ3n) is 4.74. The number of carbonyl (C=O) groups is 3. The van der Waals surface area contributed by atoms with Crippen molar-refractivity contribution in [1.29, 1.82) is 0 Å². The van der Waals surface area contributed by atoms with Crippen molar-refractivity contribution in [2.24, 2.45) is 0 Å². The van der Waals surface area contributed by atoms with Gasteiger partial charge in [-0.15, -0.1) is 0 Å². The van der Waals surface area contributed by atoms with Gasteiger partial charge in [-0.25, -0.2) is 4.79 Å². The Balaban J connectivity index is 2.04. The van der Waals surface area contributed by atoms with Crippen LogP contribution in [-0.2, 0) is 17.8 Å². The number of hydrogen-bond donors (Lipinski definition) is 1. The fourth-order valence-corrected chi connectivity index (χ4v) is 3.52. The SMILES string of the molecule is CCc1cc(C(=O)C(=O)O)c2c(c1)C(=O)N(C1CCCC1)C2. The fraction of sp³-hybridized carbons (Fsp3) is 0.471. The molecule has 1 aliphatic carbocycles. The van der Waals surface area contributed by atoms with Crippen molar-refractivity contribution in [3.05, 3.63) is 34.4 Å². The summed E-state index contributed by atoms with van der Waals surface area (Å²) in [6.07, 6.45) is 4.87. The zero-order valence-electron chi connectivity index (χ0n) is 12.6. The second kappa shape index (κ2) is 5.55. The Morgan fingerprint density at radius 3 is 2.55 bits per heavy atom. The molecule has 1 heterocycles. The Hall–Kier alpha value is -2.17. The molecule has 1 aromatic carbocycles. The molecule has 1 aromatic rings. The van der Waals surface area contributed by atoms with E-state index in [4.69, 9.17) is 5.11 Å². The lowest BCUT2D eigenvalue weighted by Crippen LogP contribution is -2.33. The second-order valence-electron chi connectivity index (χ2n) is 6.03. The minimum absolute atomic E-state index is 0.0587. The minimum Gasteiger partial charge on any atom is -0.475 e. The number of carboxylic acids is 1. The van der Waals surface area contributed by atoms with E-state index in [1.165, 1.54) is 0 Å². The zero-order valence-corrected chi connectivity index (χ0v) is 12.6. The Bertz CT molecular complexity index is 659. The molecule has 116 valence electrons. The number of Topliss-reactive ketones (excluding diaryl/α,β-unsaturated/α-hetero) is 1. The summed E-state index contributed by atoms with van der Waals surface area (Å²) >= 11 is 0. The van der Waals surface area contributed by atoms with Gasteiger partial charge in [-0.2, -0.15) is 0 Å². The minimum atomic E-state index is -1.47. The van der Waals surface area contributed by atoms with E-state index < -0.39 is 11.8 Å². The van der Waals surface area contributed by atoms with Crippen LogP contribution in [0.1, 0.15) is 64.4 Å². The van der Waals surface area contributed by atoms with Crippen molar-refractivity contribution in [2.45, 2.75) is 51.6 Å². The zero-order chi connectivity index (χ0) is 15.9. The van der Waals surface area contributed by atoms with Crippen LogP contribution in [0, 0.1) is 0 Å². The molecule has 0 saturated heterocycles. The molecule has 5 heteroatoms. The number of ketones is 1. The monoisotopic (exact) mass is 301 g/mol. The molecule has 1 fully saturated rings. The Morgan fingerprint density at radius 2 is 1.95 bits per heavy atom. The van der Waals surface area contributed by atoms with Crippen LogP contribution in [0.15, 0.2) is 12.1 Å². The van der Waals surface area contributed by atoms with Gasteiger partial charge in [-0.05, 0) is 42.5 Å². The van der Waals surface area contributed by atoms with E-state index in [1.54, 1.807) is 6.07 Å². The molecule has 0 aromatic heterocycles. The van der Waals surface area contributed by atoms with E-state index in [-0.39, 0.29) is 17.5 Å². The van der Waals surface area contributed by atoms with Gasteiger partial charge in [-0.3, -0.25) is 9.59 Å². The van der Waals surface area contributed by atoms with Crippen LogP contribution in [0.5, 0.6) is 0 Å². The number of carboxylic acid groups (broad SMARTS) is 1. The number of aliphatic carboxylic acids is 1. The van der Waals surface area contributed by atoms with E-state index >= 15 is 0 Å². The van der Waals surface area contributed by atoms with Gasteiger partial charge in [0.25, 0.3) is 11.7 Å². The fourth-order valence-electron chi connectivity index (χ4n) is 3.52. The quantitative estimate of drug-likeness (QED) is 0.684. The molecular weight excluding hydrogens is 282 g/mol. The first-order valence-electron chi connectivity index (χ1n) is 7.77. The third kappa shape index (κ3) is 2.30. The standard InChI is InChI=1S/C17H19NO4/c1-2-10-7-12(15(19)17(21)22)14-9-18(11-5-3-4-6-11)16(20)13(14)8-10/h7-8,11H,2-6,9H2,1H3,(H,21,22). The molecule has 1 N–H and O–H groups in total. The van der Waals surface area contributed by atoms with Gasteiger partial charge in [0.2, 0.25) is 0 Å². The molecule has 0 spiro atoms. The maximum atomic E-state index is 12.7. The molecule has 1 amide bonds. The van der Waals surface area contributed by atoms with Crippen molar-refractivity contribution < 1.29 is 19.5 Å². The van der Waals surface area contributed by atoms with E-state index in [0.717, 1.165) is 31.2 Å². The molecule has 0 bridgehead atoms. The lowest BCUT2D eigenvalue weighted by Gasteiger charge is -2.23. The van der Waals surface area contributed by atoms with Crippen LogP contribution in [0.4, 0.5) is 0 Å². The lowest BCUT2D eigenvalue weighted by atomic mass is 9.95. The smallest absolute Gasteiger partial charge is 0.377 e. The molecule has 0 atom stereocenters. The molecule has 1 aliphatic heterocycles. The molecule has 0 unspecified atom stereocenters. The molecule has 22 heavy (non-hydrogen) atoms. The number of fused-ring (bicyclic) bond motifs is 1. The van der Waals surface area contributed by atoms with Crippen molar-refractivity contribution in [2.75, 3.05) is 0 Å². The summed E-state index contributed by atoms with van der Waals surface area (Å²) in [6.45, 7) is 2.28. The highest BCUT2D eigenvalue weighted by Gasteiger charge is 2.37. The summed E-state index contributed by atoms with van der Waals surface area (Å²) in [6, 6.07) is 3.66. The van der Waals surface area contributed by atoms with Crippen molar-refractivity contribution in [3.8, 4) is 0 Å². The highest BCUT2D eigenvalue weighted by Crippen LogP contribution is 2.34. The molecule has 1 saturated carbocycles. The second-order valence-corrected chi connectivity index (χ2v) is 6.03. The number of amides is 1. The average Bonchev–Trinajstić information content (AvgIpc) is 3.14. The third-order valence-corrected chi connectivity index (χ3v) is 4.74. The number of benzene rings is 1. The number of rotatable bonds is 4. The van der Waals surface area contributed by atoms with E-state index in [9.17, 15) is 14.4 Å². The van der Waals surface area contributed by atoms with Crippen molar-refractivity contribution in [1.82, 2.24) is 4.90 Å². The van der Waals surface area contributed by atoms with Gasteiger partial charge in [0.15, 0.2) is 0 Å². The number of nitrogens with zero attached hydrogens (tertiary/aromatic N) is 1. The largest absolute Gasteiger partial charge is 0.475 e. The van der Waals surface area contributed by atoms with Gasteiger partial charge in [-0.1, -0.05) is 19.8 Å². The van der Waals surface area contributed by atoms with Crippen LogP contribution in [0.25, 0.3) is 0 Å². The maximum Gasteiger partial charge on any atom is 0.377 e. The Kier molecular flexibility index (Phi) is 3.72. The normalized spacial score (nSPS) is 17.9. The summed E-state index contributed by atoms with van der Waals surface area (Å²) in [5, 5.41) is 9.03. The summed E-state index contributed by atoms with van der Waals surface area (Å²) in [4.78, 5) is 37.5. The van der Waals surface area contributed by atoms with Crippen LogP contribution >= 0.6 is 0 Å². The van der Waals surface area contributed by atoms with Gasteiger partial charge >= 0.3 is 5.97 Å². The molecular formula is C17H19NO4. The average molecular weight is 301 g/mol. The first kappa shape index (κ1) is 14.8. The Morgan fingerprint density at radius 1 is 1.27 bits per heavy atom. The summed E-state index contributed by atoms with van der Waals surface area (Å²) in [5.41, 5.74) is 2.10. The highest BCUT2D eigenvalue weighted by atomic mass is 16.4. The molecule has 5 nitrogen and oxygen atoms in total. The highest BCUT2D eigenvalue weighted by molar-refractivity contribution is 6.40. The van der Waals surface area contributed by atoms with Gasteiger partial charge in [0.1, 0.15) is 0 Å². The predicted molar refractivity (Wildman–Crippen MR) is 79.9 cm³/mol. The number of aryl methyl sites for hydroxylation is 1. The van der Waals surface area contributed by atoms with E-state index in [0.29, 0.717) is 24.1 Å². The summed E-state index contributed by atoms with van der Waals surface area (Å²) < 4.78 is 0. The first-order valence-corrected chi connectivity index (χ1v) is 7.77. The van der Waals surface area contributed by atoms with Crippen LogP contribution in [0.3, 0.4) is 0 Å². The predicted octanol–water partition coefficient (Wildman–Crippen LogP) is 2.41. The van der Waals surface area contributed by atoms with E-state index in [2.05, 4.69) is 0 Å². The Labute approximate surface area is 128 Å². The first-order chi connectivity index (χ1) is 10.5. The number of hydrogen-bond acceptors (Lipinski definition) is 3. The van der Waals surface area contributed by atoms with Crippen molar-refractivity contribution >= 4 is 17.7 Å². The summed E-state index contributed by atoms with van der Waals surface area (Å²) in [5.74, 6) is -2.45. The molecule has 0 radical (unpaired) electrons. The van der Waals surface area contributed by atoms with Crippen LogP contribution in [-0.4, -0.2) is 33.7 Å². The van der Waals surface area contributed by atoms with E-state index in [1.807, 2.05) is 17.9 Å². The van der Waals surface area contributed by atoms with Gasteiger partial charge in [0.05, 0.1) is 0 Å².